The number of pyridine rings is 1. The zero-order chi connectivity index (χ0) is 15.5. The summed E-state index contributed by atoms with van der Waals surface area (Å²) in [6, 6.07) is 1.97. The molecule has 0 aliphatic heterocycles. The number of carbonyl (C=O) groups is 1. The van der Waals surface area contributed by atoms with E-state index in [1.165, 1.54) is 6.42 Å². The molecule has 2 unspecified atom stereocenters. The predicted octanol–water partition coefficient (Wildman–Crippen LogP) is 2.45. The van der Waals surface area contributed by atoms with E-state index in [0.717, 1.165) is 36.8 Å². The van der Waals surface area contributed by atoms with Crippen LogP contribution in [0.3, 0.4) is 0 Å². The summed E-state index contributed by atoms with van der Waals surface area (Å²) in [5.41, 5.74) is 7.68. The van der Waals surface area contributed by atoms with Gasteiger partial charge in [-0.1, -0.05) is 24.9 Å². The molecule has 126 valence electrons. The van der Waals surface area contributed by atoms with E-state index in [4.69, 9.17) is 10.3 Å². The second-order valence-electron chi connectivity index (χ2n) is 5.92. The Kier molecular flexibility index (Phi) is 5.96. The molecule has 6 nitrogen and oxygen atoms in total. The SMILES string of the molecule is CCc1noc2ncc(C(=O)NC3CCCCC3CN)cc12.Cl. The number of hydrogen-bond acceptors (Lipinski definition) is 5. The quantitative estimate of drug-likeness (QED) is 0.893. The first-order chi connectivity index (χ1) is 10.7. The maximum Gasteiger partial charge on any atom is 0.257 e. The Bertz CT molecular complexity index is 673. The molecule has 3 N–H and O–H groups in total. The first-order valence-corrected chi connectivity index (χ1v) is 7.98. The van der Waals surface area contributed by atoms with Gasteiger partial charge in [0.1, 0.15) is 0 Å². The Morgan fingerprint density at radius 1 is 1.43 bits per heavy atom. The molecule has 2 heterocycles. The van der Waals surface area contributed by atoms with Gasteiger partial charge in [0, 0.05) is 12.2 Å². The van der Waals surface area contributed by atoms with E-state index in [1.807, 2.05) is 13.0 Å². The zero-order valence-corrected chi connectivity index (χ0v) is 14.1. The van der Waals surface area contributed by atoms with Gasteiger partial charge < -0.3 is 15.6 Å². The van der Waals surface area contributed by atoms with Crippen LogP contribution in [0.5, 0.6) is 0 Å². The molecule has 23 heavy (non-hydrogen) atoms. The molecule has 0 bridgehead atoms. The molecule has 0 spiro atoms. The van der Waals surface area contributed by atoms with Crippen molar-refractivity contribution in [2.24, 2.45) is 11.7 Å². The van der Waals surface area contributed by atoms with Crippen LogP contribution < -0.4 is 11.1 Å². The lowest BCUT2D eigenvalue weighted by Crippen LogP contribution is -2.44. The second-order valence-corrected chi connectivity index (χ2v) is 5.92. The van der Waals surface area contributed by atoms with Gasteiger partial charge in [-0.3, -0.25) is 4.79 Å². The van der Waals surface area contributed by atoms with Crippen LogP contribution >= 0.6 is 12.4 Å². The fourth-order valence-electron chi connectivity index (χ4n) is 3.19. The van der Waals surface area contributed by atoms with Crippen molar-refractivity contribution in [3.05, 3.63) is 23.5 Å². The summed E-state index contributed by atoms with van der Waals surface area (Å²) in [6.07, 6.45) is 6.72. The number of rotatable bonds is 4. The highest BCUT2D eigenvalue weighted by Gasteiger charge is 2.26. The highest BCUT2D eigenvalue weighted by atomic mass is 35.5. The van der Waals surface area contributed by atoms with Crippen molar-refractivity contribution in [1.82, 2.24) is 15.5 Å². The molecule has 2 aromatic rings. The number of nitrogens with two attached hydrogens (primary N) is 1. The molecule has 3 rings (SSSR count). The van der Waals surface area contributed by atoms with Crippen LogP contribution in [0.25, 0.3) is 11.1 Å². The van der Waals surface area contributed by atoms with Gasteiger partial charge >= 0.3 is 0 Å². The van der Waals surface area contributed by atoms with E-state index in [0.29, 0.717) is 23.7 Å². The second kappa shape index (κ2) is 7.75. The molecular weight excluding hydrogens is 316 g/mol. The summed E-state index contributed by atoms with van der Waals surface area (Å²) < 4.78 is 5.15. The average molecular weight is 339 g/mol. The van der Waals surface area contributed by atoms with E-state index in [9.17, 15) is 4.79 Å². The van der Waals surface area contributed by atoms with Gasteiger partial charge in [-0.15, -0.1) is 12.4 Å². The third-order valence-corrected chi connectivity index (χ3v) is 4.53. The molecule has 0 saturated heterocycles. The molecule has 1 aliphatic carbocycles. The van der Waals surface area contributed by atoms with Crippen LogP contribution in [0.4, 0.5) is 0 Å². The molecule has 1 fully saturated rings. The van der Waals surface area contributed by atoms with Gasteiger partial charge in [-0.05, 0) is 37.8 Å². The maximum absolute atomic E-state index is 12.5. The number of nitrogens with zero attached hydrogens (tertiary/aromatic N) is 2. The summed E-state index contributed by atoms with van der Waals surface area (Å²) in [5.74, 6) is 0.277. The minimum atomic E-state index is -0.0944. The summed E-state index contributed by atoms with van der Waals surface area (Å²) in [5, 5.41) is 7.90. The lowest BCUT2D eigenvalue weighted by molar-refractivity contribution is 0.0908. The number of hydrogen-bond donors (Lipinski definition) is 2. The van der Waals surface area contributed by atoms with Gasteiger partial charge in [-0.25, -0.2) is 4.98 Å². The normalized spacial score (nSPS) is 21.0. The number of aryl methyl sites for hydroxylation is 1. The lowest BCUT2D eigenvalue weighted by Gasteiger charge is -2.31. The number of nitrogens with one attached hydrogen (secondary N) is 1. The summed E-state index contributed by atoms with van der Waals surface area (Å²) in [7, 11) is 0. The van der Waals surface area contributed by atoms with Crippen LogP contribution in [0.15, 0.2) is 16.8 Å². The monoisotopic (exact) mass is 338 g/mol. The summed E-state index contributed by atoms with van der Waals surface area (Å²) in [6.45, 7) is 2.62. The highest BCUT2D eigenvalue weighted by Crippen LogP contribution is 2.24. The summed E-state index contributed by atoms with van der Waals surface area (Å²) >= 11 is 0. The topological polar surface area (TPSA) is 94.0 Å². The Morgan fingerprint density at radius 2 is 2.22 bits per heavy atom. The number of halogens is 1. The van der Waals surface area contributed by atoms with Crippen molar-refractivity contribution in [3.63, 3.8) is 0 Å². The fourth-order valence-corrected chi connectivity index (χ4v) is 3.19. The third kappa shape index (κ3) is 3.64. The Labute approximate surface area is 141 Å². The van der Waals surface area contributed by atoms with Crippen molar-refractivity contribution < 1.29 is 9.32 Å². The Balaban J connectivity index is 0.00000192. The molecule has 1 saturated carbocycles. The van der Waals surface area contributed by atoms with E-state index in [1.54, 1.807) is 6.20 Å². The molecule has 0 radical (unpaired) electrons. The molecule has 1 aliphatic rings. The van der Waals surface area contributed by atoms with Crippen molar-refractivity contribution >= 4 is 29.4 Å². The number of aromatic nitrogens is 2. The molecule has 0 aromatic carbocycles. The predicted molar refractivity (Wildman–Crippen MR) is 90.7 cm³/mol. The minimum Gasteiger partial charge on any atom is -0.349 e. The number of amides is 1. The van der Waals surface area contributed by atoms with Crippen molar-refractivity contribution in [3.8, 4) is 0 Å². The van der Waals surface area contributed by atoms with Crippen LogP contribution in [0.1, 0.15) is 48.7 Å². The Morgan fingerprint density at radius 3 is 2.96 bits per heavy atom. The smallest absolute Gasteiger partial charge is 0.257 e. The maximum atomic E-state index is 12.5. The first-order valence-electron chi connectivity index (χ1n) is 7.98. The Hall–Kier alpha value is -1.66. The van der Waals surface area contributed by atoms with Crippen LogP contribution in [-0.2, 0) is 6.42 Å². The van der Waals surface area contributed by atoms with Crippen molar-refractivity contribution in [2.75, 3.05) is 6.54 Å². The first kappa shape index (κ1) is 17.7. The molecule has 7 heteroatoms. The van der Waals surface area contributed by atoms with E-state index < -0.39 is 0 Å². The number of fused-ring (bicyclic) bond motifs is 1. The average Bonchev–Trinajstić information content (AvgIpc) is 2.97. The van der Waals surface area contributed by atoms with Crippen molar-refractivity contribution in [1.29, 1.82) is 0 Å². The van der Waals surface area contributed by atoms with Crippen LogP contribution in [0, 0.1) is 5.92 Å². The van der Waals surface area contributed by atoms with E-state index in [2.05, 4.69) is 15.5 Å². The van der Waals surface area contributed by atoms with Gasteiger partial charge in [0.05, 0.1) is 16.6 Å². The van der Waals surface area contributed by atoms with Gasteiger partial charge in [-0.2, -0.15) is 0 Å². The minimum absolute atomic E-state index is 0. The van der Waals surface area contributed by atoms with Gasteiger partial charge in [0.2, 0.25) is 0 Å². The molecule has 2 aromatic heterocycles. The van der Waals surface area contributed by atoms with E-state index in [-0.39, 0.29) is 24.4 Å². The highest BCUT2D eigenvalue weighted by molar-refractivity contribution is 5.97. The van der Waals surface area contributed by atoms with Crippen LogP contribution in [0.2, 0.25) is 0 Å². The van der Waals surface area contributed by atoms with Gasteiger partial charge in [0.15, 0.2) is 0 Å². The van der Waals surface area contributed by atoms with E-state index >= 15 is 0 Å². The zero-order valence-electron chi connectivity index (χ0n) is 13.2. The standard InChI is InChI=1S/C16H22N4O2.ClH/c1-2-13-12-7-11(9-18-16(12)22-20-13)15(21)19-14-6-4-3-5-10(14)8-17;/h7,9-10,14H,2-6,8,17H2,1H3,(H,19,21);1H. The van der Waals surface area contributed by atoms with Crippen molar-refractivity contribution in [2.45, 2.75) is 45.1 Å². The number of carbonyl (C=O) groups excluding carboxylic acids is 1. The molecule has 1 amide bonds. The van der Waals surface area contributed by atoms with Gasteiger partial charge in [0.25, 0.3) is 11.6 Å². The third-order valence-electron chi connectivity index (χ3n) is 4.53. The van der Waals surface area contributed by atoms with Crippen LogP contribution in [-0.4, -0.2) is 28.6 Å². The molecular formula is C16H23ClN4O2. The molecule has 2 atom stereocenters. The lowest BCUT2D eigenvalue weighted by atomic mass is 9.84. The summed E-state index contributed by atoms with van der Waals surface area (Å²) in [4.78, 5) is 16.7. The fraction of sp³-hybridized carbons (Fsp3) is 0.562. The largest absolute Gasteiger partial charge is 0.349 e.